The highest BCUT2D eigenvalue weighted by molar-refractivity contribution is 5.86. The van der Waals surface area contributed by atoms with Gasteiger partial charge in [0, 0.05) is 27.2 Å². The average Bonchev–Trinajstić information content (AvgIpc) is 2.83. The van der Waals surface area contributed by atoms with E-state index >= 15 is 0 Å². The first kappa shape index (κ1) is 10.4. The van der Waals surface area contributed by atoms with Crippen molar-refractivity contribution in [3.8, 4) is 11.3 Å². The molecule has 3 rings (SSSR count). The molecule has 18 heavy (non-hydrogen) atoms. The molecule has 3 aromatic rings. The summed E-state index contributed by atoms with van der Waals surface area (Å²) in [5, 5.41) is 4.78. The zero-order valence-corrected chi connectivity index (χ0v) is 9.54. The highest BCUT2D eigenvalue weighted by Gasteiger charge is 2.02. The summed E-state index contributed by atoms with van der Waals surface area (Å²) in [5.74, 6) is 0. The molecule has 0 spiro atoms. The molecule has 1 aromatic heterocycles. The maximum atomic E-state index is 8.45. The van der Waals surface area contributed by atoms with Gasteiger partial charge in [-0.05, 0) is 29.3 Å². The van der Waals surface area contributed by atoms with Gasteiger partial charge in [0.2, 0.25) is 0 Å². The normalized spacial score (nSPS) is 10.2. The number of rotatable bonds is 2. The number of benzene rings is 2. The molecular weight excluding hydrogens is 224 g/mol. The third-order valence-corrected chi connectivity index (χ3v) is 2.85. The van der Waals surface area contributed by atoms with Crippen LogP contribution in [0, 0.1) is 0 Å². The third-order valence-electron chi connectivity index (χ3n) is 2.85. The van der Waals surface area contributed by atoms with E-state index in [2.05, 4.69) is 27.1 Å². The second-order valence-corrected chi connectivity index (χ2v) is 4.01. The van der Waals surface area contributed by atoms with E-state index in [0.29, 0.717) is 5.69 Å². The minimum Gasteiger partial charge on any atom is -0.355 e. The van der Waals surface area contributed by atoms with Gasteiger partial charge in [0.25, 0.3) is 0 Å². The minimum absolute atomic E-state index is 0.619. The molecule has 0 fully saturated rings. The van der Waals surface area contributed by atoms with E-state index in [1.54, 1.807) is 6.07 Å². The molecule has 0 unspecified atom stereocenters. The first-order valence-electron chi connectivity index (χ1n) is 5.60. The number of hydrogen-bond acceptors (Lipinski definition) is 1. The van der Waals surface area contributed by atoms with Gasteiger partial charge in [-0.15, -0.1) is 0 Å². The van der Waals surface area contributed by atoms with E-state index in [1.807, 2.05) is 36.4 Å². The number of azide groups is 1. The quantitative estimate of drug-likeness (QED) is 0.377. The minimum atomic E-state index is 0.619. The van der Waals surface area contributed by atoms with E-state index < -0.39 is 0 Å². The number of hydrogen-bond donors (Lipinski definition) is 1. The first-order valence-corrected chi connectivity index (χ1v) is 5.60. The molecule has 0 aliphatic heterocycles. The average molecular weight is 234 g/mol. The molecule has 0 saturated heterocycles. The molecule has 4 nitrogen and oxygen atoms in total. The van der Waals surface area contributed by atoms with Crippen LogP contribution < -0.4 is 0 Å². The molecule has 1 heterocycles. The summed E-state index contributed by atoms with van der Waals surface area (Å²) >= 11 is 0. The molecule has 4 heteroatoms. The predicted molar refractivity (Wildman–Crippen MR) is 72.5 cm³/mol. The Kier molecular flexibility index (Phi) is 2.48. The first-order chi connectivity index (χ1) is 8.86. The van der Waals surface area contributed by atoms with Gasteiger partial charge in [-0.25, -0.2) is 0 Å². The Morgan fingerprint density at radius 1 is 1.00 bits per heavy atom. The summed E-state index contributed by atoms with van der Waals surface area (Å²) in [6.45, 7) is 0. The van der Waals surface area contributed by atoms with E-state index in [1.165, 1.54) is 5.39 Å². The fourth-order valence-electron chi connectivity index (χ4n) is 2.02. The molecule has 0 saturated carbocycles. The summed E-state index contributed by atoms with van der Waals surface area (Å²) in [6, 6.07) is 17.7. The molecule has 0 radical (unpaired) electrons. The topological polar surface area (TPSA) is 64.6 Å². The number of aromatic amines is 1. The zero-order valence-electron chi connectivity index (χ0n) is 9.54. The monoisotopic (exact) mass is 234 g/mol. The van der Waals surface area contributed by atoms with Crippen molar-refractivity contribution >= 4 is 16.6 Å². The van der Waals surface area contributed by atoms with Crippen LogP contribution >= 0.6 is 0 Å². The molecule has 0 aliphatic rings. The lowest BCUT2D eigenvalue weighted by Crippen LogP contribution is -1.75. The van der Waals surface area contributed by atoms with Gasteiger partial charge in [0.05, 0.1) is 0 Å². The molecular formula is C14H10N4. The van der Waals surface area contributed by atoms with Crippen LogP contribution in [-0.4, -0.2) is 4.98 Å². The van der Waals surface area contributed by atoms with Gasteiger partial charge in [-0.2, -0.15) is 0 Å². The smallest absolute Gasteiger partial charge is 0.0464 e. The lowest BCUT2D eigenvalue weighted by atomic mass is 10.1. The standard InChI is InChI=1S/C14H10N4/c15-18-17-12-6-3-5-10(8-12)14-9-11-4-1-2-7-13(11)16-14/h1-9,16H. The van der Waals surface area contributed by atoms with Gasteiger partial charge in [0.1, 0.15) is 0 Å². The fourth-order valence-corrected chi connectivity index (χ4v) is 2.02. The van der Waals surface area contributed by atoms with Crippen molar-refractivity contribution in [1.29, 1.82) is 0 Å². The highest BCUT2D eigenvalue weighted by Crippen LogP contribution is 2.26. The molecule has 0 atom stereocenters. The Balaban J connectivity index is 2.13. The zero-order chi connectivity index (χ0) is 12.4. The summed E-state index contributed by atoms with van der Waals surface area (Å²) in [6.07, 6.45) is 0. The molecule has 0 bridgehead atoms. The Labute approximate surface area is 104 Å². The summed E-state index contributed by atoms with van der Waals surface area (Å²) in [7, 11) is 0. The number of para-hydroxylation sites is 1. The van der Waals surface area contributed by atoms with Crippen LogP contribution in [0.15, 0.2) is 59.7 Å². The van der Waals surface area contributed by atoms with E-state index in [9.17, 15) is 0 Å². The second kappa shape index (κ2) is 4.28. The van der Waals surface area contributed by atoms with Crippen LogP contribution in [0.3, 0.4) is 0 Å². The van der Waals surface area contributed by atoms with Gasteiger partial charge in [0.15, 0.2) is 0 Å². The van der Waals surface area contributed by atoms with Crippen LogP contribution in [0.25, 0.3) is 32.6 Å². The fraction of sp³-hybridized carbons (Fsp3) is 0. The largest absolute Gasteiger partial charge is 0.355 e. The van der Waals surface area contributed by atoms with Gasteiger partial charge in [-0.1, -0.05) is 41.5 Å². The predicted octanol–water partition coefficient (Wildman–Crippen LogP) is 4.78. The van der Waals surface area contributed by atoms with E-state index in [4.69, 9.17) is 5.53 Å². The second-order valence-electron chi connectivity index (χ2n) is 4.01. The van der Waals surface area contributed by atoms with Crippen LogP contribution in [-0.2, 0) is 0 Å². The summed E-state index contributed by atoms with van der Waals surface area (Å²) in [4.78, 5) is 6.14. The lowest BCUT2D eigenvalue weighted by molar-refractivity contribution is 1.43. The molecule has 2 aromatic carbocycles. The van der Waals surface area contributed by atoms with E-state index in [-0.39, 0.29) is 0 Å². The van der Waals surface area contributed by atoms with Crippen LogP contribution in [0.2, 0.25) is 0 Å². The van der Waals surface area contributed by atoms with Crippen LogP contribution in [0.5, 0.6) is 0 Å². The van der Waals surface area contributed by atoms with Crippen molar-refractivity contribution in [3.63, 3.8) is 0 Å². The number of fused-ring (bicyclic) bond motifs is 1. The molecule has 0 amide bonds. The molecule has 86 valence electrons. The van der Waals surface area contributed by atoms with Gasteiger partial charge >= 0.3 is 0 Å². The Morgan fingerprint density at radius 3 is 2.72 bits per heavy atom. The number of H-pyrrole nitrogens is 1. The van der Waals surface area contributed by atoms with Crippen molar-refractivity contribution in [1.82, 2.24) is 4.98 Å². The van der Waals surface area contributed by atoms with Crippen molar-refractivity contribution in [2.45, 2.75) is 0 Å². The number of nitrogens with one attached hydrogen (secondary N) is 1. The van der Waals surface area contributed by atoms with Crippen molar-refractivity contribution in [2.75, 3.05) is 0 Å². The SMILES string of the molecule is [N-]=[N+]=Nc1cccc(-c2cc3ccccc3[nH]2)c1. The Morgan fingerprint density at radius 2 is 1.89 bits per heavy atom. The summed E-state index contributed by atoms with van der Waals surface area (Å²) < 4.78 is 0. The summed E-state index contributed by atoms with van der Waals surface area (Å²) in [5.41, 5.74) is 12.2. The van der Waals surface area contributed by atoms with E-state index in [0.717, 1.165) is 16.8 Å². The number of aromatic nitrogens is 1. The maximum Gasteiger partial charge on any atom is 0.0464 e. The third kappa shape index (κ3) is 1.81. The van der Waals surface area contributed by atoms with Gasteiger partial charge in [-0.3, -0.25) is 0 Å². The van der Waals surface area contributed by atoms with Crippen LogP contribution in [0.1, 0.15) is 0 Å². The van der Waals surface area contributed by atoms with Gasteiger partial charge < -0.3 is 4.98 Å². The Hall–Kier alpha value is -2.71. The molecule has 0 aliphatic carbocycles. The van der Waals surface area contributed by atoms with Crippen molar-refractivity contribution in [3.05, 3.63) is 65.0 Å². The molecule has 1 N–H and O–H groups in total. The highest BCUT2D eigenvalue weighted by atomic mass is 15.1. The lowest BCUT2D eigenvalue weighted by Gasteiger charge is -1.98. The maximum absolute atomic E-state index is 8.45. The van der Waals surface area contributed by atoms with Crippen molar-refractivity contribution < 1.29 is 0 Å². The van der Waals surface area contributed by atoms with Crippen LogP contribution in [0.4, 0.5) is 5.69 Å². The number of nitrogens with zero attached hydrogens (tertiary/aromatic N) is 3. The Bertz CT molecular complexity index is 718. The van der Waals surface area contributed by atoms with Crippen molar-refractivity contribution in [2.24, 2.45) is 5.11 Å².